The quantitative estimate of drug-likeness (QED) is 0.897. The van der Waals surface area contributed by atoms with Gasteiger partial charge in [-0.15, -0.1) is 0 Å². The molecular weight excluding hydrogens is 313 g/mol. The van der Waals surface area contributed by atoms with E-state index in [1.54, 1.807) is 25.2 Å². The summed E-state index contributed by atoms with van der Waals surface area (Å²) >= 11 is 11.8. The number of carbonyl (C=O) groups is 2. The van der Waals surface area contributed by atoms with Gasteiger partial charge < -0.3 is 10.0 Å². The maximum absolute atomic E-state index is 12.2. The second kappa shape index (κ2) is 6.24. The van der Waals surface area contributed by atoms with E-state index in [-0.39, 0.29) is 12.3 Å². The van der Waals surface area contributed by atoms with Crippen molar-refractivity contribution >= 4 is 35.1 Å². The van der Waals surface area contributed by atoms with E-state index in [9.17, 15) is 14.7 Å². The molecule has 1 aliphatic rings. The molecule has 0 heterocycles. The first-order valence-corrected chi connectivity index (χ1v) is 7.51. The van der Waals surface area contributed by atoms with Crippen molar-refractivity contribution in [1.82, 2.24) is 4.90 Å². The van der Waals surface area contributed by atoms with Gasteiger partial charge >= 0.3 is 5.97 Å². The van der Waals surface area contributed by atoms with Gasteiger partial charge in [0.05, 0.1) is 15.5 Å². The van der Waals surface area contributed by atoms with Crippen LogP contribution in [0.5, 0.6) is 0 Å². The molecule has 0 spiro atoms. The van der Waals surface area contributed by atoms with Gasteiger partial charge in [0.15, 0.2) is 0 Å². The molecule has 2 rings (SSSR count). The van der Waals surface area contributed by atoms with Crippen LogP contribution in [-0.2, 0) is 16.1 Å². The van der Waals surface area contributed by atoms with E-state index in [0.29, 0.717) is 29.4 Å². The zero-order valence-electron chi connectivity index (χ0n) is 11.7. The van der Waals surface area contributed by atoms with Gasteiger partial charge in [0.2, 0.25) is 5.91 Å². The van der Waals surface area contributed by atoms with Crippen molar-refractivity contribution in [2.75, 3.05) is 7.05 Å². The molecule has 0 aromatic heterocycles. The first kappa shape index (κ1) is 16.1. The van der Waals surface area contributed by atoms with Crippen LogP contribution < -0.4 is 0 Å². The third kappa shape index (κ3) is 3.50. The molecule has 4 nitrogen and oxygen atoms in total. The lowest BCUT2D eigenvalue weighted by Crippen LogP contribution is -2.42. The van der Waals surface area contributed by atoms with Gasteiger partial charge in [-0.05, 0) is 30.5 Å². The lowest BCUT2D eigenvalue weighted by atomic mass is 9.66. The molecule has 1 N–H and O–H groups in total. The molecule has 0 atom stereocenters. The van der Waals surface area contributed by atoms with E-state index in [1.165, 1.54) is 4.90 Å². The average Bonchev–Trinajstić information content (AvgIpc) is 2.37. The van der Waals surface area contributed by atoms with Crippen molar-refractivity contribution in [2.24, 2.45) is 5.41 Å². The van der Waals surface area contributed by atoms with E-state index in [2.05, 4.69) is 0 Å². The third-order valence-corrected chi connectivity index (χ3v) is 4.82. The Labute approximate surface area is 133 Å². The Morgan fingerprint density at radius 2 is 1.95 bits per heavy atom. The number of carboxylic acid groups (broad SMARTS) is 1. The smallest absolute Gasteiger partial charge is 0.310 e. The summed E-state index contributed by atoms with van der Waals surface area (Å²) in [6.07, 6.45) is 2.08. The number of benzene rings is 1. The number of carboxylic acids is 1. The summed E-state index contributed by atoms with van der Waals surface area (Å²) in [5.41, 5.74) is 0.00133. The maximum atomic E-state index is 12.2. The van der Waals surface area contributed by atoms with Crippen LogP contribution in [0.2, 0.25) is 10.0 Å². The van der Waals surface area contributed by atoms with Gasteiger partial charge in [-0.25, -0.2) is 0 Å². The molecule has 6 heteroatoms. The zero-order valence-corrected chi connectivity index (χ0v) is 13.2. The molecule has 1 fully saturated rings. The minimum absolute atomic E-state index is 0.0557. The van der Waals surface area contributed by atoms with Crippen molar-refractivity contribution in [3.63, 3.8) is 0 Å². The zero-order chi connectivity index (χ0) is 15.6. The number of nitrogens with zero attached hydrogens (tertiary/aromatic N) is 1. The molecule has 0 bridgehead atoms. The number of hydrogen-bond acceptors (Lipinski definition) is 2. The SMILES string of the molecule is CN(Cc1ccc(Cl)c(Cl)c1)C(=O)CC1(C(=O)O)CCC1. The van der Waals surface area contributed by atoms with Gasteiger partial charge in [0.1, 0.15) is 0 Å². The number of amides is 1. The Hall–Kier alpha value is -1.26. The lowest BCUT2D eigenvalue weighted by molar-refractivity contribution is -0.159. The van der Waals surface area contributed by atoms with E-state index in [1.807, 2.05) is 0 Å². The van der Waals surface area contributed by atoms with Crippen LogP contribution in [0, 0.1) is 5.41 Å². The average molecular weight is 330 g/mol. The predicted octanol–water partition coefficient (Wildman–Crippen LogP) is 3.60. The van der Waals surface area contributed by atoms with Crippen molar-refractivity contribution in [1.29, 1.82) is 0 Å². The number of carbonyl (C=O) groups excluding carboxylic acids is 1. The van der Waals surface area contributed by atoms with Crippen molar-refractivity contribution in [3.05, 3.63) is 33.8 Å². The van der Waals surface area contributed by atoms with Crippen LogP contribution in [-0.4, -0.2) is 28.9 Å². The fourth-order valence-electron chi connectivity index (χ4n) is 2.49. The number of aliphatic carboxylic acids is 1. The van der Waals surface area contributed by atoms with Crippen molar-refractivity contribution in [3.8, 4) is 0 Å². The normalized spacial score (nSPS) is 16.1. The van der Waals surface area contributed by atoms with Crippen molar-refractivity contribution < 1.29 is 14.7 Å². The fraction of sp³-hybridized carbons (Fsp3) is 0.467. The van der Waals surface area contributed by atoms with E-state index in [4.69, 9.17) is 23.2 Å². The van der Waals surface area contributed by atoms with Gasteiger partial charge in [0, 0.05) is 20.0 Å². The Kier molecular flexibility index (Phi) is 4.79. The van der Waals surface area contributed by atoms with Crippen LogP contribution >= 0.6 is 23.2 Å². The van der Waals surface area contributed by atoms with Gasteiger partial charge in [0.25, 0.3) is 0 Å². The summed E-state index contributed by atoms with van der Waals surface area (Å²) in [4.78, 5) is 25.0. The largest absolute Gasteiger partial charge is 0.481 e. The topological polar surface area (TPSA) is 57.6 Å². The Morgan fingerprint density at radius 1 is 1.29 bits per heavy atom. The maximum Gasteiger partial charge on any atom is 0.310 e. The number of rotatable bonds is 5. The van der Waals surface area contributed by atoms with E-state index < -0.39 is 11.4 Å². The Balaban J connectivity index is 1.99. The highest BCUT2D eigenvalue weighted by Gasteiger charge is 2.46. The number of hydrogen-bond donors (Lipinski definition) is 1. The first-order valence-electron chi connectivity index (χ1n) is 6.75. The molecule has 0 radical (unpaired) electrons. The van der Waals surface area contributed by atoms with Crippen LogP contribution in [0.4, 0.5) is 0 Å². The van der Waals surface area contributed by atoms with Crippen molar-refractivity contribution in [2.45, 2.75) is 32.2 Å². The van der Waals surface area contributed by atoms with Gasteiger partial charge in [-0.3, -0.25) is 9.59 Å². The minimum atomic E-state index is -0.870. The Morgan fingerprint density at radius 3 is 2.43 bits per heavy atom. The third-order valence-electron chi connectivity index (χ3n) is 4.08. The summed E-state index contributed by atoms with van der Waals surface area (Å²) in [6.45, 7) is 0.380. The molecule has 1 aliphatic carbocycles. The summed E-state index contributed by atoms with van der Waals surface area (Å²) < 4.78 is 0. The van der Waals surface area contributed by atoms with E-state index in [0.717, 1.165) is 12.0 Å². The summed E-state index contributed by atoms with van der Waals surface area (Å²) in [5, 5.41) is 10.2. The molecule has 21 heavy (non-hydrogen) atoms. The van der Waals surface area contributed by atoms with Crippen LogP contribution in [0.3, 0.4) is 0 Å². The van der Waals surface area contributed by atoms with Gasteiger partial charge in [-0.1, -0.05) is 35.7 Å². The second-order valence-corrected chi connectivity index (χ2v) is 6.43. The molecule has 1 saturated carbocycles. The Bertz CT molecular complexity index is 570. The van der Waals surface area contributed by atoms with Crippen LogP contribution in [0.1, 0.15) is 31.2 Å². The highest BCUT2D eigenvalue weighted by Crippen LogP contribution is 2.44. The molecule has 0 unspecified atom stereocenters. The summed E-state index contributed by atoms with van der Waals surface area (Å²) in [7, 11) is 1.67. The van der Waals surface area contributed by atoms with Crippen LogP contribution in [0.25, 0.3) is 0 Å². The lowest BCUT2D eigenvalue weighted by Gasteiger charge is -2.38. The molecule has 114 valence electrons. The summed E-state index contributed by atoms with van der Waals surface area (Å²) in [5.74, 6) is -1.03. The fourth-order valence-corrected chi connectivity index (χ4v) is 2.81. The van der Waals surface area contributed by atoms with Crippen LogP contribution in [0.15, 0.2) is 18.2 Å². The molecule has 1 aromatic carbocycles. The minimum Gasteiger partial charge on any atom is -0.481 e. The molecule has 0 aliphatic heterocycles. The monoisotopic (exact) mass is 329 g/mol. The molecule has 1 amide bonds. The van der Waals surface area contributed by atoms with Gasteiger partial charge in [-0.2, -0.15) is 0 Å². The number of halogens is 2. The highest BCUT2D eigenvalue weighted by atomic mass is 35.5. The highest BCUT2D eigenvalue weighted by molar-refractivity contribution is 6.42. The van der Waals surface area contributed by atoms with E-state index >= 15 is 0 Å². The first-order chi connectivity index (χ1) is 9.84. The molecule has 0 saturated heterocycles. The molecular formula is C15H17Cl2NO3. The summed E-state index contributed by atoms with van der Waals surface area (Å²) in [6, 6.07) is 5.19. The standard InChI is InChI=1S/C15H17Cl2NO3/c1-18(9-10-3-4-11(16)12(17)7-10)13(19)8-15(14(20)21)5-2-6-15/h3-4,7H,2,5-6,8-9H2,1H3,(H,20,21). The second-order valence-electron chi connectivity index (χ2n) is 5.61. The predicted molar refractivity (Wildman–Crippen MR) is 81.5 cm³/mol. The molecule has 1 aromatic rings.